The highest BCUT2D eigenvalue weighted by atomic mass is 16.5. The molecule has 0 spiro atoms. The first-order valence-corrected chi connectivity index (χ1v) is 12.4. The molecule has 4 atom stereocenters. The molecular weight excluding hydrogens is 402 g/mol. The van der Waals surface area contributed by atoms with Gasteiger partial charge in [0.05, 0.1) is 20.3 Å². The van der Waals surface area contributed by atoms with Crippen LogP contribution < -0.4 is 14.8 Å². The van der Waals surface area contributed by atoms with E-state index < -0.39 is 0 Å². The number of hydrogen-bond acceptors (Lipinski definition) is 4. The molecule has 0 saturated carbocycles. The fourth-order valence-electron chi connectivity index (χ4n) is 6.65. The van der Waals surface area contributed by atoms with Gasteiger partial charge >= 0.3 is 6.03 Å². The van der Waals surface area contributed by atoms with Gasteiger partial charge < -0.3 is 19.7 Å². The van der Waals surface area contributed by atoms with E-state index in [4.69, 9.17) is 9.47 Å². The topological polar surface area (TPSA) is 54.0 Å². The van der Waals surface area contributed by atoms with Crippen molar-refractivity contribution in [2.24, 2.45) is 11.8 Å². The van der Waals surface area contributed by atoms with Gasteiger partial charge in [-0.3, -0.25) is 4.90 Å². The zero-order chi connectivity index (χ0) is 22.1. The highest BCUT2D eigenvalue weighted by Crippen LogP contribution is 2.45. The van der Waals surface area contributed by atoms with E-state index in [9.17, 15) is 4.79 Å². The Labute approximate surface area is 191 Å². The van der Waals surface area contributed by atoms with Crippen LogP contribution in [0.3, 0.4) is 0 Å². The number of urea groups is 1. The fraction of sp³-hybridized carbons (Fsp3) is 0.654. The number of amides is 2. The van der Waals surface area contributed by atoms with E-state index in [0.29, 0.717) is 24.4 Å². The van der Waals surface area contributed by atoms with E-state index in [1.807, 2.05) is 18.2 Å². The van der Waals surface area contributed by atoms with Crippen LogP contribution in [-0.4, -0.2) is 68.3 Å². The molecule has 3 aliphatic heterocycles. The Morgan fingerprint density at radius 2 is 2.00 bits per heavy atom. The first kappa shape index (κ1) is 21.6. The summed E-state index contributed by atoms with van der Waals surface area (Å²) in [6.07, 6.45) is 10.9. The summed E-state index contributed by atoms with van der Waals surface area (Å²) in [5.41, 5.74) is 2.67. The quantitative estimate of drug-likeness (QED) is 0.708. The number of nitrogens with zero attached hydrogens (tertiary/aromatic N) is 2. The summed E-state index contributed by atoms with van der Waals surface area (Å²) >= 11 is 0. The molecule has 2 bridgehead atoms. The van der Waals surface area contributed by atoms with Gasteiger partial charge in [-0.1, -0.05) is 24.1 Å². The number of hydrogen-bond donors (Lipinski definition) is 1. The van der Waals surface area contributed by atoms with Crippen molar-refractivity contribution in [3.63, 3.8) is 0 Å². The van der Waals surface area contributed by atoms with Crippen LogP contribution in [0.5, 0.6) is 11.5 Å². The summed E-state index contributed by atoms with van der Waals surface area (Å²) in [6, 6.07) is 7.09. The van der Waals surface area contributed by atoms with E-state index in [0.717, 1.165) is 42.5 Å². The molecule has 1 aliphatic carbocycles. The third-order valence-electron chi connectivity index (χ3n) is 8.06. The maximum absolute atomic E-state index is 13.2. The lowest BCUT2D eigenvalue weighted by molar-refractivity contribution is 0.00793. The molecule has 2 amide bonds. The highest BCUT2D eigenvalue weighted by molar-refractivity contribution is 5.75. The van der Waals surface area contributed by atoms with Crippen molar-refractivity contribution in [3.8, 4) is 11.5 Å². The number of benzene rings is 1. The van der Waals surface area contributed by atoms with Gasteiger partial charge in [-0.2, -0.15) is 0 Å². The molecule has 0 radical (unpaired) electrons. The minimum Gasteiger partial charge on any atom is -0.493 e. The normalized spacial score (nSPS) is 29.4. The maximum atomic E-state index is 13.2. The molecule has 0 aromatic heterocycles. The summed E-state index contributed by atoms with van der Waals surface area (Å²) in [6.45, 7) is 3.90. The summed E-state index contributed by atoms with van der Waals surface area (Å²) in [4.78, 5) is 18.1. The predicted molar refractivity (Wildman–Crippen MR) is 125 cm³/mol. The Morgan fingerprint density at radius 3 is 2.84 bits per heavy atom. The van der Waals surface area contributed by atoms with Crippen molar-refractivity contribution in [2.45, 2.75) is 57.0 Å². The summed E-state index contributed by atoms with van der Waals surface area (Å²) in [5, 5.41) is 3.20. The minimum absolute atomic E-state index is 0.0975. The molecule has 174 valence electrons. The van der Waals surface area contributed by atoms with Crippen LogP contribution in [0.15, 0.2) is 29.8 Å². The minimum atomic E-state index is 0.0975. The SMILES string of the molecule is COc1ccc(CCNC(=O)N2CCCC3=C[C@@H]4C[C@H](CN5CCCCC45)C32)cc1OC. The number of likely N-dealkylation sites (tertiary alicyclic amines) is 1. The summed E-state index contributed by atoms with van der Waals surface area (Å²) in [5.74, 6) is 2.75. The standard InChI is InChI=1S/C26H37N3O3/c1-31-23-9-8-18(14-24(23)32-2)10-11-27-26(30)29-13-5-6-19-15-20-16-21(25(19)29)17-28-12-4-3-7-22(20)28/h8-9,14-15,20-22,25H,3-7,10-13,16-17H2,1-2H3,(H,27,30)/t20-,21-,22?,25?/m1/s1. The third kappa shape index (κ3) is 4.09. The molecule has 5 rings (SSSR count). The summed E-state index contributed by atoms with van der Waals surface area (Å²) < 4.78 is 10.7. The fourth-order valence-corrected chi connectivity index (χ4v) is 6.65. The predicted octanol–water partition coefficient (Wildman–Crippen LogP) is 3.85. The second kappa shape index (κ2) is 9.34. The van der Waals surface area contributed by atoms with Crippen LogP contribution in [-0.2, 0) is 6.42 Å². The molecule has 1 aromatic carbocycles. The van der Waals surface area contributed by atoms with Crippen molar-refractivity contribution in [1.29, 1.82) is 0 Å². The first-order chi connectivity index (χ1) is 15.7. The number of nitrogens with one attached hydrogen (secondary N) is 1. The second-order valence-electron chi connectivity index (χ2n) is 9.87. The molecule has 6 nitrogen and oxygen atoms in total. The van der Waals surface area contributed by atoms with Gasteiger partial charge in [-0.15, -0.1) is 0 Å². The third-order valence-corrected chi connectivity index (χ3v) is 8.06. The number of ether oxygens (including phenoxy) is 2. The summed E-state index contributed by atoms with van der Waals surface area (Å²) in [7, 11) is 3.29. The number of methoxy groups -OCH3 is 2. The molecule has 2 unspecified atom stereocenters. The molecule has 6 heteroatoms. The van der Waals surface area contributed by atoms with Crippen molar-refractivity contribution >= 4 is 6.03 Å². The van der Waals surface area contributed by atoms with Crippen molar-refractivity contribution in [3.05, 3.63) is 35.4 Å². The van der Waals surface area contributed by atoms with Gasteiger partial charge in [0.2, 0.25) is 0 Å². The first-order valence-electron chi connectivity index (χ1n) is 12.4. The average Bonchev–Trinajstić information content (AvgIpc) is 2.83. The van der Waals surface area contributed by atoms with Crippen molar-refractivity contribution < 1.29 is 14.3 Å². The van der Waals surface area contributed by atoms with Gasteiger partial charge in [0.15, 0.2) is 11.5 Å². The molecule has 4 aliphatic rings. The molecule has 3 saturated heterocycles. The van der Waals surface area contributed by atoms with Gasteiger partial charge in [0, 0.05) is 25.7 Å². The molecular formula is C26H37N3O3. The zero-order valence-electron chi connectivity index (χ0n) is 19.5. The largest absolute Gasteiger partial charge is 0.493 e. The van der Waals surface area contributed by atoms with Crippen LogP contribution in [0.4, 0.5) is 4.79 Å². The van der Waals surface area contributed by atoms with Gasteiger partial charge in [0.25, 0.3) is 0 Å². The van der Waals surface area contributed by atoms with Crippen molar-refractivity contribution in [2.75, 3.05) is 40.4 Å². The van der Waals surface area contributed by atoms with Crippen LogP contribution in [0.25, 0.3) is 0 Å². The number of rotatable bonds is 5. The van der Waals surface area contributed by atoms with Crippen LogP contribution in [0.2, 0.25) is 0 Å². The number of fused-ring (bicyclic) bond motifs is 6. The Balaban J connectivity index is 1.23. The smallest absolute Gasteiger partial charge is 0.317 e. The van der Waals surface area contributed by atoms with Gasteiger partial charge in [-0.05, 0) is 74.6 Å². The van der Waals surface area contributed by atoms with E-state index >= 15 is 0 Å². The van der Waals surface area contributed by atoms with E-state index in [2.05, 4.69) is 21.2 Å². The number of piperidine rings is 3. The molecule has 3 fully saturated rings. The lowest BCUT2D eigenvalue weighted by Crippen LogP contribution is -2.61. The Morgan fingerprint density at radius 1 is 1.12 bits per heavy atom. The van der Waals surface area contributed by atoms with Gasteiger partial charge in [0.1, 0.15) is 0 Å². The molecule has 1 N–H and O–H groups in total. The van der Waals surface area contributed by atoms with Crippen LogP contribution in [0.1, 0.15) is 44.1 Å². The lowest BCUT2D eigenvalue weighted by Gasteiger charge is -2.54. The Bertz CT molecular complexity index is 870. The monoisotopic (exact) mass is 439 g/mol. The maximum Gasteiger partial charge on any atom is 0.317 e. The van der Waals surface area contributed by atoms with E-state index in [-0.39, 0.29) is 6.03 Å². The molecule has 1 aromatic rings. The van der Waals surface area contributed by atoms with Crippen LogP contribution >= 0.6 is 0 Å². The van der Waals surface area contributed by atoms with E-state index in [1.54, 1.807) is 14.2 Å². The lowest BCUT2D eigenvalue weighted by atomic mass is 9.68. The van der Waals surface area contributed by atoms with Gasteiger partial charge in [-0.25, -0.2) is 4.79 Å². The Kier molecular flexibility index (Phi) is 6.31. The second-order valence-corrected chi connectivity index (χ2v) is 9.87. The number of carbonyl (C=O) groups excluding carboxylic acids is 1. The Hall–Kier alpha value is -2.21. The average molecular weight is 440 g/mol. The van der Waals surface area contributed by atoms with E-state index in [1.165, 1.54) is 50.8 Å². The zero-order valence-corrected chi connectivity index (χ0v) is 19.5. The van der Waals surface area contributed by atoms with Crippen molar-refractivity contribution in [1.82, 2.24) is 15.1 Å². The molecule has 3 heterocycles. The number of carbonyl (C=O) groups is 1. The van der Waals surface area contributed by atoms with Crippen LogP contribution in [0, 0.1) is 11.8 Å². The molecule has 32 heavy (non-hydrogen) atoms. The highest BCUT2D eigenvalue weighted by Gasteiger charge is 2.46.